The van der Waals surface area contributed by atoms with E-state index in [1.165, 1.54) is 11.1 Å². The molecule has 0 aliphatic carbocycles. The largest absolute Gasteiger partial charge is 0.479 e. The highest BCUT2D eigenvalue weighted by molar-refractivity contribution is 6.32. The molecule has 0 unspecified atom stereocenters. The number of para-hydroxylation sites is 1. The van der Waals surface area contributed by atoms with Crippen LogP contribution in [0.5, 0.6) is 5.75 Å². The molecule has 2 rings (SSSR count). The van der Waals surface area contributed by atoms with Crippen molar-refractivity contribution < 1.29 is 9.53 Å². The second-order valence-corrected chi connectivity index (χ2v) is 6.24. The van der Waals surface area contributed by atoms with E-state index >= 15 is 0 Å². The molecular formula is C20H24ClNO2. The number of benzene rings is 2. The summed E-state index contributed by atoms with van der Waals surface area (Å²) in [5, 5.41) is 3.47. The topological polar surface area (TPSA) is 38.3 Å². The Morgan fingerprint density at radius 3 is 2.71 bits per heavy atom. The number of aryl methyl sites for hydroxylation is 2. The molecule has 0 aromatic heterocycles. The third-order valence-corrected chi connectivity index (χ3v) is 4.11. The fraction of sp³-hybridized carbons (Fsp3) is 0.350. The summed E-state index contributed by atoms with van der Waals surface area (Å²) in [6.45, 7) is 4.65. The van der Waals surface area contributed by atoms with Gasteiger partial charge in [-0.1, -0.05) is 60.5 Å². The van der Waals surface area contributed by atoms with E-state index in [-0.39, 0.29) is 5.91 Å². The molecule has 0 radical (unpaired) electrons. The van der Waals surface area contributed by atoms with Crippen LogP contribution in [0.1, 0.15) is 30.9 Å². The minimum Gasteiger partial charge on any atom is -0.479 e. The van der Waals surface area contributed by atoms with Crippen molar-refractivity contribution >= 4 is 17.5 Å². The average Bonchev–Trinajstić information content (AvgIpc) is 2.58. The summed E-state index contributed by atoms with van der Waals surface area (Å²) in [5.74, 6) is 0.447. The molecule has 4 heteroatoms. The SMILES string of the molecule is CC[C@H](Oc1ccccc1Cl)C(=O)NCCCc1cccc(C)c1. The molecule has 0 spiro atoms. The molecular weight excluding hydrogens is 322 g/mol. The van der Waals surface area contributed by atoms with E-state index in [1.54, 1.807) is 12.1 Å². The average molecular weight is 346 g/mol. The number of ether oxygens (including phenoxy) is 1. The van der Waals surface area contributed by atoms with Gasteiger partial charge in [0.05, 0.1) is 5.02 Å². The zero-order chi connectivity index (χ0) is 17.4. The zero-order valence-corrected chi connectivity index (χ0v) is 15.0. The summed E-state index contributed by atoms with van der Waals surface area (Å²) < 4.78 is 5.74. The minimum absolute atomic E-state index is 0.0957. The molecule has 0 bridgehead atoms. The smallest absolute Gasteiger partial charge is 0.261 e. The van der Waals surface area contributed by atoms with Gasteiger partial charge in [0.2, 0.25) is 0 Å². The van der Waals surface area contributed by atoms with Crippen molar-refractivity contribution in [1.82, 2.24) is 5.32 Å². The van der Waals surface area contributed by atoms with Crippen LogP contribution in [0.15, 0.2) is 48.5 Å². The molecule has 0 aliphatic rings. The molecule has 128 valence electrons. The predicted molar refractivity (Wildman–Crippen MR) is 98.7 cm³/mol. The predicted octanol–water partition coefficient (Wildman–Crippen LogP) is 4.55. The third-order valence-electron chi connectivity index (χ3n) is 3.79. The van der Waals surface area contributed by atoms with E-state index in [0.29, 0.717) is 23.7 Å². The summed E-state index contributed by atoms with van der Waals surface area (Å²) >= 11 is 6.08. The molecule has 0 heterocycles. The molecule has 3 nitrogen and oxygen atoms in total. The van der Waals surface area contributed by atoms with Gasteiger partial charge in [-0.2, -0.15) is 0 Å². The van der Waals surface area contributed by atoms with E-state index in [9.17, 15) is 4.79 Å². The van der Waals surface area contributed by atoms with Gasteiger partial charge in [-0.15, -0.1) is 0 Å². The van der Waals surface area contributed by atoms with Crippen molar-refractivity contribution in [3.63, 3.8) is 0 Å². The molecule has 1 atom stereocenters. The Balaban J connectivity index is 1.78. The summed E-state index contributed by atoms with van der Waals surface area (Å²) in [6, 6.07) is 15.6. The Hall–Kier alpha value is -2.00. The maximum absolute atomic E-state index is 12.3. The molecule has 0 fully saturated rings. The first-order chi connectivity index (χ1) is 11.6. The molecule has 0 saturated carbocycles. The van der Waals surface area contributed by atoms with Gasteiger partial charge in [0.1, 0.15) is 5.75 Å². The van der Waals surface area contributed by atoms with Gasteiger partial charge in [0, 0.05) is 6.54 Å². The van der Waals surface area contributed by atoms with Crippen LogP contribution in [0.3, 0.4) is 0 Å². The van der Waals surface area contributed by atoms with E-state index in [4.69, 9.17) is 16.3 Å². The highest BCUT2D eigenvalue weighted by Crippen LogP contribution is 2.24. The van der Waals surface area contributed by atoms with Gasteiger partial charge < -0.3 is 10.1 Å². The van der Waals surface area contributed by atoms with Crippen molar-refractivity contribution in [3.05, 3.63) is 64.7 Å². The quantitative estimate of drug-likeness (QED) is 0.712. The maximum Gasteiger partial charge on any atom is 0.261 e. The molecule has 0 saturated heterocycles. The molecule has 1 N–H and O–H groups in total. The zero-order valence-electron chi connectivity index (χ0n) is 14.2. The van der Waals surface area contributed by atoms with E-state index in [1.807, 2.05) is 19.1 Å². The fourth-order valence-corrected chi connectivity index (χ4v) is 2.68. The number of nitrogens with one attached hydrogen (secondary N) is 1. The Morgan fingerprint density at radius 2 is 2.00 bits per heavy atom. The van der Waals surface area contributed by atoms with Crippen LogP contribution < -0.4 is 10.1 Å². The van der Waals surface area contributed by atoms with Crippen molar-refractivity contribution in [3.8, 4) is 5.75 Å². The lowest BCUT2D eigenvalue weighted by Crippen LogP contribution is -2.38. The first kappa shape index (κ1) is 18.3. The van der Waals surface area contributed by atoms with Crippen LogP contribution in [0.2, 0.25) is 5.02 Å². The molecule has 2 aromatic rings. The Kier molecular flexibility index (Phi) is 7.13. The Labute approximate surface area is 149 Å². The number of hydrogen-bond acceptors (Lipinski definition) is 2. The van der Waals surface area contributed by atoms with E-state index in [0.717, 1.165) is 12.8 Å². The number of hydrogen-bond donors (Lipinski definition) is 1. The van der Waals surface area contributed by atoms with Crippen molar-refractivity contribution in [1.29, 1.82) is 0 Å². The minimum atomic E-state index is -0.524. The van der Waals surface area contributed by atoms with Crippen LogP contribution >= 0.6 is 11.6 Å². The summed E-state index contributed by atoms with van der Waals surface area (Å²) in [4.78, 5) is 12.3. The van der Waals surface area contributed by atoms with Gasteiger partial charge in [0.15, 0.2) is 6.10 Å². The van der Waals surface area contributed by atoms with Crippen molar-refractivity contribution in [2.24, 2.45) is 0 Å². The molecule has 24 heavy (non-hydrogen) atoms. The second-order valence-electron chi connectivity index (χ2n) is 5.83. The highest BCUT2D eigenvalue weighted by Gasteiger charge is 2.18. The molecule has 1 amide bonds. The number of amides is 1. The lowest BCUT2D eigenvalue weighted by molar-refractivity contribution is -0.128. The Morgan fingerprint density at radius 1 is 1.21 bits per heavy atom. The standard InChI is InChI=1S/C20H24ClNO2/c1-3-18(24-19-12-5-4-11-17(19)21)20(23)22-13-7-10-16-9-6-8-15(2)14-16/h4-6,8-9,11-12,14,18H,3,7,10,13H2,1-2H3,(H,22,23)/t18-/m0/s1. The van der Waals surface area contributed by atoms with Crippen LogP contribution in [-0.2, 0) is 11.2 Å². The monoisotopic (exact) mass is 345 g/mol. The van der Waals surface area contributed by atoms with Crippen LogP contribution in [-0.4, -0.2) is 18.6 Å². The second kappa shape index (κ2) is 9.33. The molecule has 0 aliphatic heterocycles. The first-order valence-electron chi connectivity index (χ1n) is 8.34. The number of carbonyl (C=O) groups is 1. The lowest BCUT2D eigenvalue weighted by atomic mass is 10.1. The van der Waals surface area contributed by atoms with Gasteiger partial charge in [-0.3, -0.25) is 4.79 Å². The van der Waals surface area contributed by atoms with Crippen molar-refractivity contribution in [2.75, 3.05) is 6.54 Å². The summed E-state index contributed by atoms with van der Waals surface area (Å²) in [5.41, 5.74) is 2.55. The van der Waals surface area contributed by atoms with Crippen LogP contribution in [0, 0.1) is 6.92 Å². The normalized spacial score (nSPS) is 11.8. The van der Waals surface area contributed by atoms with Gasteiger partial charge >= 0.3 is 0 Å². The summed E-state index contributed by atoms with van der Waals surface area (Å²) in [7, 11) is 0. The van der Waals surface area contributed by atoms with E-state index in [2.05, 4.69) is 36.5 Å². The first-order valence-corrected chi connectivity index (χ1v) is 8.72. The number of rotatable bonds is 8. The van der Waals surface area contributed by atoms with Gasteiger partial charge in [-0.25, -0.2) is 0 Å². The fourth-order valence-electron chi connectivity index (χ4n) is 2.50. The van der Waals surface area contributed by atoms with E-state index < -0.39 is 6.10 Å². The van der Waals surface area contributed by atoms with Gasteiger partial charge in [-0.05, 0) is 43.9 Å². The maximum atomic E-state index is 12.3. The van der Waals surface area contributed by atoms with Crippen LogP contribution in [0.4, 0.5) is 0 Å². The third kappa shape index (κ3) is 5.57. The number of carbonyl (C=O) groups excluding carboxylic acids is 1. The number of halogens is 1. The van der Waals surface area contributed by atoms with Crippen molar-refractivity contribution in [2.45, 2.75) is 39.2 Å². The lowest BCUT2D eigenvalue weighted by Gasteiger charge is -2.18. The summed E-state index contributed by atoms with van der Waals surface area (Å²) in [6.07, 6.45) is 1.92. The highest BCUT2D eigenvalue weighted by atomic mass is 35.5. The molecule has 2 aromatic carbocycles. The Bertz CT molecular complexity index is 672. The van der Waals surface area contributed by atoms with Gasteiger partial charge in [0.25, 0.3) is 5.91 Å². The van der Waals surface area contributed by atoms with Crippen LogP contribution in [0.25, 0.3) is 0 Å².